The summed E-state index contributed by atoms with van der Waals surface area (Å²) >= 11 is 0. The van der Waals surface area contributed by atoms with Gasteiger partial charge in [-0.15, -0.1) is 0 Å². The van der Waals surface area contributed by atoms with Crippen LogP contribution in [0, 0.1) is 11.8 Å². The molecule has 35 heavy (non-hydrogen) atoms. The zero-order chi connectivity index (χ0) is 24.8. The van der Waals surface area contributed by atoms with E-state index in [4.69, 9.17) is 4.74 Å². The minimum Gasteiger partial charge on any atom is -0.481 e. The van der Waals surface area contributed by atoms with Gasteiger partial charge in [0.25, 0.3) is 0 Å². The van der Waals surface area contributed by atoms with Crippen LogP contribution in [0.4, 0.5) is 4.79 Å². The van der Waals surface area contributed by atoms with Crippen molar-refractivity contribution in [1.82, 2.24) is 10.6 Å². The molecule has 186 valence electrons. The molecule has 0 bridgehead atoms. The Morgan fingerprint density at radius 1 is 0.943 bits per heavy atom. The summed E-state index contributed by atoms with van der Waals surface area (Å²) in [4.78, 5) is 36.6. The smallest absolute Gasteiger partial charge is 0.407 e. The van der Waals surface area contributed by atoms with Gasteiger partial charge >= 0.3 is 12.1 Å². The van der Waals surface area contributed by atoms with E-state index in [1.807, 2.05) is 36.4 Å². The third-order valence-corrected chi connectivity index (χ3v) is 7.44. The molecule has 7 nitrogen and oxygen atoms in total. The minimum atomic E-state index is -1.19. The molecule has 2 amide bonds. The molecule has 1 atom stereocenters. The van der Waals surface area contributed by atoms with Gasteiger partial charge in [-0.2, -0.15) is 0 Å². The Labute approximate surface area is 206 Å². The van der Waals surface area contributed by atoms with Gasteiger partial charge < -0.3 is 20.5 Å². The predicted molar refractivity (Wildman–Crippen MR) is 133 cm³/mol. The van der Waals surface area contributed by atoms with Gasteiger partial charge in [0.05, 0.1) is 6.42 Å². The molecule has 0 radical (unpaired) electrons. The van der Waals surface area contributed by atoms with Gasteiger partial charge in [0, 0.05) is 12.5 Å². The number of carboxylic acid groups (broad SMARTS) is 1. The lowest BCUT2D eigenvalue weighted by Crippen LogP contribution is -2.49. The van der Waals surface area contributed by atoms with Crippen molar-refractivity contribution in [3.8, 4) is 11.1 Å². The number of carboxylic acids is 1. The van der Waals surface area contributed by atoms with E-state index >= 15 is 0 Å². The fourth-order valence-corrected chi connectivity index (χ4v) is 5.38. The van der Waals surface area contributed by atoms with E-state index in [9.17, 15) is 19.5 Å². The highest BCUT2D eigenvalue weighted by Gasteiger charge is 2.30. The van der Waals surface area contributed by atoms with Gasteiger partial charge in [0.2, 0.25) is 5.91 Å². The standard InChI is InChI=1S/C28H34N2O5/c1-2-18-11-13-19(14-12-18)16-29-27(33)25(15-26(31)32)30-28(34)35-17-24-22-9-5-3-7-20(22)21-8-4-6-10-23(21)24/h3-10,18-19,24-25H,2,11-17H2,1H3,(H,29,33)(H,30,34)(H,31,32). The molecule has 2 aliphatic carbocycles. The van der Waals surface area contributed by atoms with Crippen LogP contribution in [0.1, 0.15) is 62.5 Å². The lowest BCUT2D eigenvalue weighted by molar-refractivity contribution is -0.139. The number of alkyl carbamates (subject to hydrolysis) is 1. The molecular formula is C28H34N2O5. The molecule has 0 aromatic heterocycles. The number of carbonyl (C=O) groups excluding carboxylic acids is 2. The lowest BCUT2D eigenvalue weighted by Gasteiger charge is -2.28. The monoisotopic (exact) mass is 478 g/mol. The molecule has 0 saturated heterocycles. The third-order valence-electron chi connectivity index (χ3n) is 7.44. The number of hydrogen-bond donors (Lipinski definition) is 3. The highest BCUT2D eigenvalue weighted by Crippen LogP contribution is 2.44. The van der Waals surface area contributed by atoms with Crippen molar-refractivity contribution in [2.45, 2.75) is 57.4 Å². The van der Waals surface area contributed by atoms with Gasteiger partial charge in [-0.05, 0) is 46.9 Å². The summed E-state index contributed by atoms with van der Waals surface area (Å²) in [6.07, 6.45) is 4.32. The predicted octanol–water partition coefficient (Wildman–Crippen LogP) is 4.70. The maximum absolute atomic E-state index is 12.7. The quantitative estimate of drug-likeness (QED) is 0.485. The molecule has 3 N–H and O–H groups in total. The van der Waals surface area contributed by atoms with Crippen molar-refractivity contribution >= 4 is 18.0 Å². The van der Waals surface area contributed by atoms with E-state index in [1.54, 1.807) is 0 Å². The van der Waals surface area contributed by atoms with Crippen LogP contribution < -0.4 is 10.6 Å². The summed E-state index contributed by atoms with van der Waals surface area (Å²) in [6, 6.07) is 14.8. The summed E-state index contributed by atoms with van der Waals surface area (Å²) in [5.74, 6) is -0.608. The fraction of sp³-hybridized carbons (Fsp3) is 0.464. The lowest BCUT2D eigenvalue weighted by atomic mass is 9.81. The first-order valence-electron chi connectivity index (χ1n) is 12.6. The van der Waals surface area contributed by atoms with Crippen molar-refractivity contribution in [3.05, 3.63) is 59.7 Å². The van der Waals surface area contributed by atoms with Crippen LogP contribution in [0.5, 0.6) is 0 Å². The van der Waals surface area contributed by atoms with E-state index in [0.29, 0.717) is 12.5 Å². The van der Waals surface area contributed by atoms with Crippen molar-refractivity contribution < 1.29 is 24.2 Å². The Balaban J connectivity index is 1.32. The number of carbonyl (C=O) groups is 3. The summed E-state index contributed by atoms with van der Waals surface area (Å²) in [6.45, 7) is 2.80. The van der Waals surface area contributed by atoms with Crippen molar-refractivity contribution in [2.75, 3.05) is 13.2 Å². The van der Waals surface area contributed by atoms with E-state index in [1.165, 1.54) is 6.42 Å². The topological polar surface area (TPSA) is 105 Å². The number of amides is 2. The van der Waals surface area contributed by atoms with Crippen molar-refractivity contribution in [1.29, 1.82) is 0 Å². The van der Waals surface area contributed by atoms with Crippen LogP contribution in [-0.2, 0) is 14.3 Å². The number of aliphatic carboxylic acids is 1. The molecule has 1 unspecified atom stereocenters. The zero-order valence-corrected chi connectivity index (χ0v) is 20.2. The highest BCUT2D eigenvalue weighted by molar-refractivity contribution is 5.89. The molecule has 1 saturated carbocycles. The molecule has 2 aliphatic rings. The average molecular weight is 479 g/mol. The average Bonchev–Trinajstić information content (AvgIpc) is 3.19. The summed E-state index contributed by atoms with van der Waals surface area (Å²) in [5, 5.41) is 14.6. The van der Waals surface area contributed by atoms with Crippen LogP contribution in [0.15, 0.2) is 48.5 Å². The van der Waals surface area contributed by atoms with Crippen molar-refractivity contribution in [3.63, 3.8) is 0 Å². The van der Waals surface area contributed by atoms with Gasteiger partial charge in [-0.25, -0.2) is 4.79 Å². The molecule has 2 aromatic carbocycles. The largest absolute Gasteiger partial charge is 0.481 e. The molecular weight excluding hydrogens is 444 g/mol. The molecule has 2 aromatic rings. The molecule has 1 fully saturated rings. The molecule has 0 aliphatic heterocycles. The third kappa shape index (κ3) is 6.02. The zero-order valence-electron chi connectivity index (χ0n) is 20.2. The maximum atomic E-state index is 12.7. The number of nitrogens with one attached hydrogen (secondary N) is 2. The van der Waals surface area contributed by atoms with E-state index in [2.05, 4.69) is 29.7 Å². The Hall–Kier alpha value is -3.35. The Kier molecular flexibility index (Phi) is 8.06. The van der Waals surface area contributed by atoms with Crippen molar-refractivity contribution in [2.24, 2.45) is 11.8 Å². The van der Waals surface area contributed by atoms with Crippen LogP contribution >= 0.6 is 0 Å². The second-order valence-electron chi connectivity index (χ2n) is 9.66. The van der Waals surface area contributed by atoms with Crippen LogP contribution in [0.2, 0.25) is 0 Å². The normalized spacial score (nSPS) is 19.8. The number of hydrogen-bond acceptors (Lipinski definition) is 4. The summed E-state index contributed by atoms with van der Waals surface area (Å²) < 4.78 is 5.50. The van der Waals surface area contributed by atoms with Gasteiger partial charge in [0.1, 0.15) is 12.6 Å². The van der Waals surface area contributed by atoms with Crippen LogP contribution in [0.25, 0.3) is 11.1 Å². The Bertz CT molecular complexity index is 1020. The van der Waals surface area contributed by atoms with E-state index in [-0.39, 0.29) is 12.5 Å². The molecule has 0 spiro atoms. The maximum Gasteiger partial charge on any atom is 0.407 e. The first kappa shape index (κ1) is 24.8. The number of ether oxygens (including phenoxy) is 1. The Morgan fingerprint density at radius 2 is 1.51 bits per heavy atom. The summed E-state index contributed by atoms with van der Waals surface area (Å²) in [5.41, 5.74) is 4.40. The van der Waals surface area contributed by atoms with E-state index < -0.39 is 30.4 Å². The van der Waals surface area contributed by atoms with Gasteiger partial charge in [0.15, 0.2) is 0 Å². The first-order chi connectivity index (χ1) is 17.0. The van der Waals surface area contributed by atoms with Gasteiger partial charge in [-0.3, -0.25) is 9.59 Å². The van der Waals surface area contributed by atoms with Crippen LogP contribution in [-0.4, -0.2) is 42.3 Å². The van der Waals surface area contributed by atoms with Gasteiger partial charge in [-0.1, -0.05) is 74.7 Å². The Morgan fingerprint density at radius 3 is 2.09 bits per heavy atom. The number of benzene rings is 2. The minimum absolute atomic E-state index is 0.0991. The highest BCUT2D eigenvalue weighted by atomic mass is 16.5. The summed E-state index contributed by atoms with van der Waals surface area (Å²) in [7, 11) is 0. The molecule has 7 heteroatoms. The van der Waals surface area contributed by atoms with E-state index in [0.717, 1.165) is 53.9 Å². The molecule has 0 heterocycles. The fourth-order valence-electron chi connectivity index (χ4n) is 5.38. The van der Waals surface area contributed by atoms with Crippen LogP contribution in [0.3, 0.4) is 0 Å². The SMILES string of the molecule is CCC1CCC(CNC(=O)C(CC(=O)O)NC(=O)OCC2c3ccccc3-c3ccccc32)CC1. The number of rotatable bonds is 9. The number of fused-ring (bicyclic) bond motifs is 3. The second kappa shape index (κ2) is 11.4. The second-order valence-corrected chi connectivity index (χ2v) is 9.66. The first-order valence-corrected chi connectivity index (χ1v) is 12.6. The molecule has 4 rings (SSSR count).